The highest BCUT2D eigenvalue weighted by atomic mass is 79.9. The molecule has 29 heteroatoms. The molecule has 4 aromatic heterocycles. The standard InChI is InChI=1S/2C21H34N4O5S.C16H23BrN2O3.C5H4BrNO/c2*1-21(2,3)29-20(26)24-9-7-17(8-10-24)16-28-18-5-6-19(22-15-18)23-11-13-25(14-12-23)31-30-27-4;1-16(2,3)22-15(20)19-8-6-12(7-9-19)11-21-13-4-5-14(17)18-10-13;6-5-2-1-4(8)3-7-5/h2*5-6,15,17H,7-14,16H2,1-4H3;4-5,10,12H,6-9,11H2,1-3H3;1-3,8H. The Kier molecular flexibility index (Phi) is 31.5. The largest absolute Gasteiger partial charge is 0.506 e. The minimum Gasteiger partial charge on any atom is -0.506 e. The molecule has 0 unspecified atom stereocenters. The number of anilines is 2. The summed E-state index contributed by atoms with van der Waals surface area (Å²) in [6.07, 6.45) is 11.5. The lowest BCUT2D eigenvalue weighted by Crippen LogP contribution is -2.43. The van der Waals surface area contributed by atoms with Crippen molar-refractivity contribution in [3.8, 4) is 23.0 Å². The summed E-state index contributed by atoms with van der Waals surface area (Å²) >= 11 is 8.89. The van der Waals surface area contributed by atoms with E-state index in [4.69, 9.17) is 42.2 Å². The lowest BCUT2D eigenvalue weighted by Gasteiger charge is -2.33. The lowest BCUT2D eigenvalue weighted by atomic mass is 9.98. The maximum absolute atomic E-state index is 12.2. The van der Waals surface area contributed by atoms with E-state index in [1.807, 2.05) is 98.7 Å². The molecule has 0 aliphatic carbocycles. The van der Waals surface area contributed by atoms with E-state index in [-0.39, 0.29) is 24.0 Å². The molecule has 5 fully saturated rings. The van der Waals surface area contributed by atoms with Crippen LogP contribution < -0.4 is 24.0 Å². The number of halogens is 2. The van der Waals surface area contributed by atoms with E-state index >= 15 is 0 Å². The van der Waals surface area contributed by atoms with Crippen molar-refractivity contribution in [3.05, 3.63) is 82.5 Å². The van der Waals surface area contributed by atoms with Crippen LogP contribution in [0.3, 0.4) is 0 Å². The van der Waals surface area contributed by atoms with Gasteiger partial charge in [-0.2, -0.15) is 0 Å². The summed E-state index contributed by atoms with van der Waals surface area (Å²) < 4.78 is 49.6. The fourth-order valence-electron chi connectivity index (χ4n) is 9.70. The maximum atomic E-state index is 12.2. The van der Waals surface area contributed by atoms with Gasteiger partial charge in [0.1, 0.15) is 85.1 Å². The SMILES string of the molecule is CC(C)(C)OC(=O)N1CCC(COc2ccc(Br)nc2)CC1.COOSN1CCN(c2ccc(OCC3CCN(C(=O)OC(C)(C)C)CC3)cn2)CC1.COOSN1CCN(c2ccc(OCC3CCN(C(=O)OC(C)(C)C)CC3)cn2)CC1.Oc1ccc(Br)nc1. The van der Waals surface area contributed by atoms with Crippen molar-refractivity contribution in [3.63, 3.8) is 0 Å². The first-order chi connectivity index (χ1) is 43.8. The first-order valence-electron chi connectivity index (χ1n) is 31.2. The summed E-state index contributed by atoms with van der Waals surface area (Å²) in [4.78, 5) is 72.5. The van der Waals surface area contributed by atoms with Crippen molar-refractivity contribution in [2.45, 2.75) is 118 Å². The fraction of sp³-hybridized carbons (Fsp3) is 0.635. The molecule has 5 aliphatic heterocycles. The van der Waals surface area contributed by atoms with Crippen molar-refractivity contribution in [1.29, 1.82) is 0 Å². The van der Waals surface area contributed by atoms with Crippen molar-refractivity contribution in [2.75, 3.05) is 135 Å². The highest BCUT2D eigenvalue weighted by Crippen LogP contribution is 2.28. The molecule has 5 aliphatic rings. The van der Waals surface area contributed by atoms with Crippen LogP contribution in [0.1, 0.15) is 101 Å². The van der Waals surface area contributed by atoms with Crippen LogP contribution in [0.15, 0.2) is 82.5 Å². The number of likely N-dealkylation sites (tertiary alicyclic amines) is 3. The van der Waals surface area contributed by atoms with Gasteiger partial charge in [0, 0.05) is 91.6 Å². The average Bonchev–Trinajstić information content (AvgIpc) is 1.35. The Hall–Kier alpha value is -5.37. The zero-order valence-electron chi connectivity index (χ0n) is 55.2. The Morgan fingerprint density at radius 2 is 0.750 bits per heavy atom. The molecule has 0 aromatic carbocycles. The van der Waals surface area contributed by atoms with Crippen LogP contribution in [-0.2, 0) is 32.7 Å². The van der Waals surface area contributed by atoms with E-state index < -0.39 is 16.8 Å². The Morgan fingerprint density at radius 1 is 0.446 bits per heavy atom. The molecular formula is C63H95Br2N11O14S2. The summed E-state index contributed by atoms with van der Waals surface area (Å²) in [6, 6.07) is 15.0. The molecule has 9 rings (SSSR count). The Labute approximate surface area is 568 Å². The molecular weight excluding hydrogens is 1360 g/mol. The third-order valence-corrected chi connectivity index (χ3v) is 17.1. The average molecular weight is 1450 g/mol. The highest BCUT2D eigenvalue weighted by molar-refractivity contribution is 9.10. The first-order valence-corrected chi connectivity index (χ1v) is 34.2. The molecule has 3 amide bonds. The van der Waals surface area contributed by atoms with Gasteiger partial charge in [0.2, 0.25) is 0 Å². The minimum atomic E-state index is -0.457. The molecule has 4 aromatic rings. The van der Waals surface area contributed by atoms with Gasteiger partial charge in [0.25, 0.3) is 0 Å². The van der Waals surface area contributed by atoms with Crippen molar-refractivity contribution in [2.24, 2.45) is 17.8 Å². The second-order valence-corrected chi connectivity index (χ2v) is 28.7. The Balaban J connectivity index is 0.000000209. The number of aromatic hydroxyl groups is 1. The van der Waals surface area contributed by atoms with Gasteiger partial charge < -0.3 is 58.0 Å². The summed E-state index contributed by atoms with van der Waals surface area (Å²) in [5.74, 6) is 5.75. The van der Waals surface area contributed by atoms with Gasteiger partial charge in [0.15, 0.2) is 0 Å². The van der Waals surface area contributed by atoms with Gasteiger partial charge in [0.05, 0.1) is 58.8 Å². The quantitative estimate of drug-likeness (QED) is 0.0258. The maximum Gasteiger partial charge on any atom is 0.410 e. The van der Waals surface area contributed by atoms with E-state index in [0.717, 1.165) is 142 Å². The zero-order valence-corrected chi connectivity index (χ0v) is 60.0. The van der Waals surface area contributed by atoms with Crippen molar-refractivity contribution >= 4 is 86.2 Å². The number of amides is 3. The summed E-state index contributed by atoms with van der Waals surface area (Å²) in [7, 11) is 3.01. The van der Waals surface area contributed by atoms with Crippen LogP contribution in [-0.4, -0.2) is 209 Å². The number of hydrogen-bond acceptors (Lipinski definition) is 24. The summed E-state index contributed by atoms with van der Waals surface area (Å²) in [5, 5.41) is 8.67. The molecule has 0 bridgehead atoms. The number of carbonyl (C=O) groups excluding carboxylic acids is 3. The second kappa shape index (κ2) is 38.2. The molecule has 25 nitrogen and oxygen atoms in total. The summed E-state index contributed by atoms with van der Waals surface area (Å²) in [6.45, 7) is 30.2. The van der Waals surface area contributed by atoms with Crippen molar-refractivity contribution in [1.82, 2.24) is 43.2 Å². The predicted molar refractivity (Wildman–Crippen MR) is 361 cm³/mol. The van der Waals surface area contributed by atoms with E-state index in [1.165, 1.54) is 44.9 Å². The second-order valence-electron chi connectivity index (χ2n) is 25.5. The van der Waals surface area contributed by atoms with Crippen molar-refractivity contribution < 1.29 is 66.4 Å². The molecule has 92 heavy (non-hydrogen) atoms. The van der Waals surface area contributed by atoms with E-state index in [1.54, 1.807) is 45.4 Å². The van der Waals surface area contributed by atoms with Crippen LogP contribution in [0.4, 0.5) is 26.0 Å². The molecule has 5 saturated heterocycles. The Morgan fingerprint density at radius 3 is 1.00 bits per heavy atom. The zero-order chi connectivity index (χ0) is 66.7. The number of piperidine rings is 3. The number of nitrogens with zero attached hydrogens (tertiary/aromatic N) is 11. The molecule has 1 N–H and O–H groups in total. The topological polar surface area (TPSA) is 238 Å². The minimum absolute atomic E-state index is 0.188. The van der Waals surface area contributed by atoms with E-state index in [0.29, 0.717) is 63.8 Å². The summed E-state index contributed by atoms with van der Waals surface area (Å²) in [5.41, 5.74) is -1.35. The van der Waals surface area contributed by atoms with Gasteiger partial charge >= 0.3 is 18.3 Å². The number of rotatable bonds is 17. The third-order valence-electron chi connectivity index (χ3n) is 14.6. The fourth-order valence-corrected chi connectivity index (χ4v) is 11.1. The predicted octanol–water partition coefficient (Wildman–Crippen LogP) is 12.2. The number of carbonyl (C=O) groups is 3. The van der Waals surface area contributed by atoms with Gasteiger partial charge in [-0.3, -0.25) is 0 Å². The van der Waals surface area contributed by atoms with Gasteiger partial charge in [-0.05, 0) is 199 Å². The molecule has 9 heterocycles. The third kappa shape index (κ3) is 29.1. The van der Waals surface area contributed by atoms with Gasteiger partial charge in [-0.1, -0.05) is 0 Å². The smallest absolute Gasteiger partial charge is 0.410 e. The van der Waals surface area contributed by atoms with Gasteiger partial charge in [-0.25, -0.2) is 52.7 Å². The number of hydrogen-bond donors (Lipinski definition) is 1. The van der Waals surface area contributed by atoms with E-state index in [9.17, 15) is 14.4 Å². The number of pyridine rings is 4. The van der Waals surface area contributed by atoms with Crippen LogP contribution in [0.25, 0.3) is 0 Å². The Bertz CT molecular complexity index is 2610. The highest BCUT2D eigenvalue weighted by Gasteiger charge is 2.31. The van der Waals surface area contributed by atoms with Crippen LogP contribution >= 0.6 is 56.3 Å². The number of piperazine rings is 2. The normalized spacial score (nSPS) is 17.4. The molecule has 0 saturated carbocycles. The number of aromatic nitrogens is 4. The monoisotopic (exact) mass is 1450 g/mol. The van der Waals surface area contributed by atoms with E-state index in [2.05, 4.69) is 80.0 Å². The molecule has 512 valence electrons. The molecule has 0 atom stereocenters. The van der Waals surface area contributed by atoms with Crippen LogP contribution in [0.2, 0.25) is 0 Å². The van der Waals surface area contributed by atoms with Gasteiger partial charge in [-0.15, -0.1) is 8.67 Å². The lowest BCUT2D eigenvalue weighted by molar-refractivity contribution is -0.163. The van der Waals surface area contributed by atoms with Crippen LogP contribution in [0.5, 0.6) is 23.0 Å². The first kappa shape index (κ1) is 75.7. The number of ether oxygens (including phenoxy) is 6. The molecule has 0 radical (unpaired) electrons. The van der Waals surface area contributed by atoms with Crippen LogP contribution in [0, 0.1) is 17.8 Å². The molecule has 0 spiro atoms.